The molecular weight excluding hydrogens is 272 g/mol. The summed E-state index contributed by atoms with van der Waals surface area (Å²) >= 11 is 0. The number of carbonyl (C=O) groups is 1. The molecule has 2 atom stereocenters. The second-order valence-electron chi connectivity index (χ2n) is 5.17. The van der Waals surface area contributed by atoms with Crippen molar-refractivity contribution in [1.82, 2.24) is 4.90 Å². The fraction of sp³-hybridized carbons (Fsp3) is 0.400. The Kier molecular flexibility index (Phi) is 4.70. The molecule has 1 aliphatic rings. The Morgan fingerprint density at radius 1 is 1.48 bits per heavy atom. The molecule has 0 aliphatic carbocycles. The number of benzene rings is 1. The van der Waals surface area contributed by atoms with Gasteiger partial charge in [-0.3, -0.25) is 14.9 Å². The number of hydrogen-bond acceptors (Lipinski definition) is 4. The lowest BCUT2D eigenvalue weighted by molar-refractivity contribution is -0.384. The topological polar surface area (TPSA) is 72.7 Å². The largest absolute Gasteiger partial charge is 0.375 e. The summed E-state index contributed by atoms with van der Waals surface area (Å²) in [4.78, 5) is 24.2. The van der Waals surface area contributed by atoms with E-state index in [0.29, 0.717) is 18.7 Å². The molecule has 0 radical (unpaired) electrons. The third-order valence-corrected chi connectivity index (χ3v) is 3.39. The number of carbonyl (C=O) groups excluding carboxylic acids is 1. The maximum absolute atomic E-state index is 12.2. The molecule has 21 heavy (non-hydrogen) atoms. The first-order valence-corrected chi connectivity index (χ1v) is 6.82. The first-order chi connectivity index (χ1) is 9.97. The van der Waals surface area contributed by atoms with Crippen LogP contribution in [0.3, 0.4) is 0 Å². The van der Waals surface area contributed by atoms with Crippen molar-refractivity contribution >= 4 is 17.7 Å². The van der Waals surface area contributed by atoms with E-state index in [4.69, 9.17) is 4.74 Å². The van der Waals surface area contributed by atoms with E-state index >= 15 is 0 Å². The van der Waals surface area contributed by atoms with Gasteiger partial charge in [0, 0.05) is 24.8 Å². The summed E-state index contributed by atoms with van der Waals surface area (Å²) in [6.45, 7) is 4.94. The first-order valence-electron chi connectivity index (χ1n) is 6.82. The van der Waals surface area contributed by atoms with Crippen molar-refractivity contribution in [2.45, 2.75) is 26.0 Å². The highest BCUT2D eigenvalue weighted by atomic mass is 16.6. The van der Waals surface area contributed by atoms with Gasteiger partial charge in [0.2, 0.25) is 5.91 Å². The Bertz CT molecular complexity index is 571. The van der Waals surface area contributed by atoms with Gasteiger partial charge in [0.1, 0.15) is 0 Å². The van der Waals surface area contributed by atoms with Crippen LogP contribution in [0.2, 0.25) is 0 Å². The summed E-state index contributed by atoms with van der Waals surface area (Å²) in [5.74, 6) is -0.107. The average molecular weight is 290 g/mol. The van der Waals surface area contributed by atoms with Gasteiger partial charge in [-0.15, -0.1) is 0 Å². The van der Waals surface area contributed by atoms with Crippen LogP contribution in [0.15, 0.2) is 30.3 Å². The van der Waals surface area contributed by atoms with E-state index in [9.17, 15) is 14.9 Å². The second kappa shape index (κ2) is 6.49. The Labute approximate surface area is 123 Å². The van der Waals surface area contributed by atoms with Crippen LogP contribution in [0, 0.1) is 10.1 Å². The number of amides is 1. The highest BCUT2D eigenvalue weighted by molar-refractivity contribution is 5.92. The number of hydrogen-bond donors (Lipinski definition) is 0. The third kappa shape index (κ3) is 3.88. The molecule has 0 unspecified atom stereocenters. The number of rotatable bonds is 3. The predicted octanol–water partition coefficient (Wildman–Crippen LogP) is 2.24. The highest BCUT2D eigenvalue weighted by Crippen LogP contribution is 2.15. The molecule has 1 saturated heterocycles. The maximum Gasteiger partial charge on any atom is 0.270 e. The maximum atomic E-state index is 12.2. The Morgan fingerprint density at radius 2 is 2.24 bits per heavy atom. The number of nitro benzene ring substituents is 1. The van der Waals surface area contributed by atoms with Crippen LogP contribution in [0.5, 0.6) is 0 Å². The Hall–Kier alpha value is -2.21. The van der Waals surface area contributed by atoms with Crippen molar-refractivity contribution in [1.29, 1.82) is 0 Å². The molecule has 6 nitrogen and oxygen atoms in total. The SMILES string of the molecule is C[C@@H]1CN(C(=O)/C=C/c2cccc([N+](=O)[O-])c2)[C@H](C)CO1. The molecule has 1 aliphatic heterocycles. The zero-order valence-corrected chi connectivity index (χ0v) is 12.1. The van der Waals surface area contributed by atoms with E-state index in [0.717, 1.165) is 0 Å². The number of nitrogens with zero attached hydrogens (tertiary/aromatic N) is 2. The molecule has 1 fully saturated rings. The zero-order valence-electron chi connectivity index (χ0n) is 12.1. The van der Waals surface area contributed by atoms with Crippen molar-refractivity contribution in [3.63, 3.8) is 0 Å². The molecule has 0 spiro atoms. The minimum absolute atomic E-state index is 0.0120. The van der Waals surface area contributed by atoms with Crippen LogP contribution in [0.4, 0.5) is 5.69 Å². The van der Waals surface area contributed by atoms with E-state index in [1.54, 1.807) is 23.1 Å². The predicted molar refractivity (Wildman–Crippen MR) is 78.7 cm³/mol. The van der Waals surface area contributed by atoms with Gasteiger partial charge in [-0.05, 0) is 25.5 Å². The first kappa shape index (κ1) is 15.2. The normalized spacial score (nSPS) is 22.5. The molecule has 1 aromatic rings. The average Bonchev–Trinajstić information content (AvgIpc) is 2.47. The molecule has 1 amide bonds. The van der Waals surface area contributed by atoms with Crippen molar-refractivity contribution in [2.75, 3.05) is 13.2 Å². The van der Waals surface area contributed by atoms with Crippen molar-refractivity contribution in [2.24, 2.45) is 0 Å². The van der Waals surface area contributed by atoms with Gasteiger partial charge in [-0.1, -0.05) is 12.1 Å². The summed E-state index contributed by atoms with van der Waals surface area (Å²) in [6.07, 6.45) is 3.08. The van der Waals surface area contributed by atoms with Crippen LogP contribution in [0.25, 0.3) is 6.08 Å². The van der Waals surface area contributed by atoms with Crippen molar-refractivity contribution in [3.8, 4) is 0 Å². The summed E-state index contributed by atoms with van der Waals surface area (Å²) < 4.78 is 5.48. The summed E-state index contributed by atoms with van der Waals surface area (Å²) in [6, 6.07) is 6.22. The van der Waals surface area contributed by atoms with Crippen molar-refractivity contribution in [3.05, 3.63) is 46.0 Å². The molecule has 2 rings (SSSR count). The molecule has 0 aromatic heterocycles. The molecule has 1 heterocycles. The van der Waals surface area contributed by atoms with Crippen LogP contribution in [0.1, 0.15) is 19.4 Å². The zero-order chi connectivity index (χ0) is 15.4. The minimum atomic E-state index is -0.453. The smallest absolute Gasteiger partial charge is 0.270 e. The van der Waals surface area contributed by atoms with Crippen LogP contribution >= 0.6 is 0 Å². The molecule has 112 valence electrons. The van der Waals surface area contributed by atoms with Gasteiger partial charge >= 0.3 is 0 Å². The summed E-state index contributed by atoms with van der Waals surface area (Å²) in [7, 11) is 0. The van der Waals surface area contributed by atoms with Gasteiger partial charge in [-0.2, -0.15) is 0 Å². The molecular formula is C15H18N2O4. The highest BCUT2D eigenvalue weighted by Gasteiger charge is 2.25. The second-order valence-corrected chi connectivity index (χ2v) is 5.17. The summed E-state index contributed by atoms with van der Waals surface area (Å²) in [5, 5.41) is 10.7. The Morgan fingerprint density at radius 3 is 2.95 bits per heavy atom. The monoisotopic (exact) mass is 290 g/mol. The lowest BCUT2D eigenvalue weighted by atomic mass is 10.1. The lowest BCUT2D eigenvalue weighted by Crippen LogP contribution is -2.49. The van der Waals surface area contributed by atoms with Crippen molar-refractivity contribution < 1.29 is 14.5 Å². The quantitative estimate of drug-likeness (QED) is 0.486. The molecule has 0 saturated carbocycles. The Balaban J connectivity index is 2.08. The van der Waals surface area contributed by atoms with E-state index < -0.39 is 4.92 Å². The van der Waals surface area contributed by atoms with Crippen LogP contribution in [-0.4, -0.2) is 41.0 Å². The number of nitro groups is 1. The molecule has 6 heteroatoms. The van der Waals surface area contributed by atoms with Crippen LogP contribution in [-0.2, 0) is 9.53 Å². The molecule has 0 N–H and O–H groups in total. The van der Waals surface area contributed by atoms with Crippen LogP contribution < -0.4 is 0 Å². The van der Waals surface area contributed by atoms with E-state index in [1.807, 2.05) is 13.8 Å². The van der Waals surface area contributed by atoms with E-state index in [-0.39, 0.29) is 23.7 Å². The molecule has 0 bridgehead atoms. The minimum Gasteiger partial charge on any atom is -0.375 e. The molecule has 1 aromatic carbocycles. The van der Waals surface area contributed by atoms with E-state index in [2.05, 4.69) is 0 Å². The van der Waals surface area contributed by atoms with Gasteiger partial charge in [0.05, 0.1) is 23.7 Å². The fourth-order valence-electron chi connectivity index (χ4n) is 2.22. The van der Waals surface area contributed by atoms with E-state index in [1.165, 1.54) is 18.2 Å². The number of non-ortho nitro benzene ring substituents is 1. The number of ether oxygens (including phenoxy) is 1. The van der Waals surface area contributed by atoms with Gasteiger partial charge < -0.3 is 9.64 Å². The standard InChI is InChI=1S/C15H18N2O4/c1-11-10-21-12(2)9-16(11)15(18)7-6-13-4-3-5-14(8-13)17(19)20/h3-8,11-12H,9-10H2,1-2H3/b7-6+/t11-,12-/m1/s1. The summed E-state index contributed by atoms with van der Waals surface area (Å²) in [5.41, 5.74) is 0.643. The van der Waals surface area contributed by atoms with Gasteiger partial charge in [0.15, 0.2) is 0 Å². The third-order valence-electron chi connectivity index (χ3n) is 3.39. The van der Waals surface area contributed by atoms with Gasteiger partial charge in [0.25, 0.3) is 5.69 Å². The lowest BCUT2D eigenvalue weighted by Gasteiger charge is -2.36. The number of morpholine rings is 1. The van der Waals surface area contributed by atoms with Gasteiger partial charge in [-0.25, -0.2) is 0 Å². The fourth-order valence-corrected chi connectivity index (χ4v) is 2.22.